The monoisotopic (exact) mass is 267 g/mol. The third-order valence-electron chi connectivity index (χ3n) is 2.25. The lowest BCUT2D eigenvalue weighted by Crippen LogP contribution is -2.37. The molecule has 2 nitrogen and oxygen atoms in total. The zero-order valence-electron chi connectivity index (χ0n) is 6.85. The largest absolute Gasteiger partial charge is 0.345 e. The van der Waals surface area contributed by atoms with Crippen molar-refractivity contribution >= 4 is 28.5 Å². The Hall–Kier alpha value is 0.200. The van der Waals surface area contributed by atoms with Crippen LogP contribution in [0.5, 0.6) is 0 Å². The number of rotatable bonds is 3. The van der Waals surface area contributed by atoms with Gasteiger partial charge in [-0.05, 0) is 12.8 Å². The first-order chi connectivity index (χ1) is 5.25. The Balaban J connectivity index is 2.27. The summed E-state index contributed by atoms with van der Waals surface area (Å²) in [5.41, 5.74) is 0. The Morgan fingerprint density at radius 3 is 2.64 bits per heavy atom. The SMILES string of the molecule is CN(CCI)C(=O)C1CCC1. The zero-order chi connectivity index (χ0) is 8.27. The van der Waals surface area contributed by atoms with Crippen LogP contribution < -0.4 is 0 Å². The van der Waals surface area contributed by atoms with Crippen molar-refractivity contribution in [3.05, 3.63) is 0 Å². The molecule has 1 rings (SSSR count). The smallest absolute Gasteiger partial charge is 0.225 e. The van der Waals surface area contributed by atoms with Crippen LogP contribution in [0.25, 0.3) is 0 Å². The summed E-state index contributed by atoms with van der Waals surface area (Å²) in [4.78, 5) is 13.3. The average Bonchev–Trinajstić information content (AvgIpc) is 1.84. The minimum Gasteiger partial charge on any atom is -0.345 e. The summed E-state index contributed by atoms with van der Waals surface area (Å²) in [7, 11) is 1.90. The molecule has 0 aromatic rings. The van der Waals surface area contributed by atoms with Crippen LogP contribution in [0.2, 0.25) is 0 Å². The molecule has 64 valence electrons. The molecule has 1 saturated carbocycles. The van der Waals surface area contributed by atoms with Gasteiger partial charge in [-0.15, -0.1) is 0 Å². The molecule has 1 aliphatic rings. The van der Waals surface area contributed by atoms with E-state index in [-0.39, 0.29) is 0 Å². The van der Waals surface area contributed by atoms with Crippen LogP contribution >= 0.6 is 22.6 Å². The number of carbonyl (C=O) groups excluding carboxylic acids is 1. The van der Waals surface area contributed by atoms with Crippen molar-refractivity contribution in [3.8, 4) is 0 Å². The fourth-order valence-corrected chi connectivity index (χ4v) is 1.93. The third kappa shape index (κ3) is 2.32. The van der Waals surface area contributed by atoms with Gasteiger partial charge in [0.05, 0.1) is 0 Å². The molecule has 3 heteroatoms. The van der Waals surface area contributed by atoms with Gasteiger partial charge in [0.25, 0.3) is 0 Å². The van der Waals surface area contributed by atoms with E-state index in [1.165, 1.54) is 6.42 Å². The summed E-state index contributed by atoms with van der Waals surface area (Å²) in [5.74, 6) is 0.718. The summed E-state index contributed by atoms with van der Waals surface area (Å²) < 4.78 is 1.03. The topological polar surface area (TPSA) is 20.3 Å². The van der Waals surface area contributed by atoms with Crippen molar-refractivity contribution in [2.75, 3.05) is 18.0 Å². The summed E-state index contributed by atoms with van der Waals surface area (Å²) in [6.07, 6.45) is 3.48. The van der Waals surface area contributed by atoms with Crippen LogP contribution in [0.4, 0.5) is 0 Å². The maximum Gasteiger partial charge on any atom is 0.225 e. The van der Waals surface area contributed by atoms with Crippen LogP contribution in [0, 0.1) is 5.92 Å². The molecule has 1 amide bonds. The van der Waals surface area contributed by atoms with E-state index >= 15 is 0 Å². The predicted molar refractivity (Wildman–Crippen MR) is 53.9 cm³/mol. The molecule has 11 heavy (non-hydrogen) atoms. The van der Waals surface area contributed by atoms with Crippen molar-refractivity contribution in [3.63, 3.8) is 0 Å². The first kappa shape index (κ1) is 9.29. The van der Waals surface area contributed by atoms with E-state index in [1.807, 2.05) is 11.9 Å². The summed E-state index contributed by atoms with van der Waals surface area (Å²) in [6, 6.07) is 0. The molecule has 0 spiro atoms. The Morgan fingerprint density at radius 1 is 1.64 bits per heavy atom. The summed E-state index contributed by atoms with van der Waals surface area (Å²) in [6.45, 7) is 0.899. The second-order valence-electron chi connectivity index (χ2n) is 3.08. The van der Waals surface area contributed by atoms with Crippen LogP contribution in [-0.2, 0) is 4.79 Å². The predicted octanol–water partition coefficient (Wildman–Crippen LogP) is 1.68. The molecular formula is C8H14INO. The Morgan fingerprint density at radius 2 is 2.27 bits per heavy atom. The van der Waals surface area contributed by atoms with Gasteiger partial charge in [0, 0.05) is 23.9 Å². The zero-order valence-corrected chi connectivity index (χ0v) is 9.00. The Bertz CT molecular complexity index is 145. The summed E-state index contributed by atoms with van der Waals surface area (Å²) in [5, 5.41) is 0. The minimum absolute atomic E-state index is 0.355. The highest BCUT2D eigenvalue weighted by Gasteiger charge is 2.27. The molecule has 0 atom stereocenters. The number of alkyl halides is 1. The van der Waals surface area contributed by atoms with E-state index in [0.29, 0.717) is 11.8 Å². The van der Waals surface area contributed by atoms with Gasteiger partial charge in [0.2, 0.25) is 5.91 Å². The standard InChI is InChI=1S/C8H14INO/c1-10(6-5-9)8(11)7-3-2-4-7/h7H,2-6H2,1H3. The van der Waals surface area contributed by atoms with E-state index < -0.39 is 0 Å². The van der Waals surface area contributed by atoms with Gasteiger partial charge in [-0.2, -0.15) is 0 Å². The van der Waals surface area contributed by atoms with Gasteiger partial charge in [-0.3, -0.25) is 4.79 Å². The van der Waals surface area contributed by atoms with Crippen molar-refractivity contribution in [1.82, 2.24) is 4.90 Å². The second kappa shape index (κ2) is 4.28. The Labute approximate surface area is 81.5 Å². The third-order valence-corrected chi connectivity index (χ3v) is 2.73. The number of carbonyl (C=O) groups is 1. The fourth-order valence-electron chi connectivity index (χ4n) is 1.20. The maximum atomic E-state index is 11.4. The molecular weight excluding hydrogens is 253 g/mol. The van der Waals surface area contributed by atoms with Gasteiger partial charge in [0.1, 0.15) is 0 Å². The number of amides is 1. The van der Waals surface area contributed by atoms with Crippen molar-refractivity contribution in [2.24, 2.45) is 5.92 Å². The maximum absolute atomic E-state index is 11.4. The molecule has 0 aliphatic heterocycles. The van der Waals surface area contributed by atoms with Crippen LogP contribution in [0.15, 0.2) is 0 Å². The highest BCUT2D eigenvalue weighted by Crippen LogP contribution is 2.27. The van der Waals surface area contributed by atoms with Gasteiger partial charge < -0.3 is 4.90 Å². The summed E-state index contributed by atoms with van der Waals surface area (Å²) >= 11 is 2.30. The van der Waals surface area contributed by atoms with E-state index in [9.17, 15) is 4.79 Å². The van der Waals surface area contributed by atoms with Gasteiger partial charge in [-0.25, -0.2) is 0 Å². The first-order valence-corrected chi connectivity index (χ1v) is 5.59. The lowest BCUT2D eigenvalue weighted by molar-refractivity contribution is -0.136. The second-order valence-corrected chi connectivity index (χ2v) is 4.16. The molecule has 0 bridgehead atoms. The molecule has 0 unspecified atom stereocenters. The normalized spacial score (nSPS) is 17.6. The average molecular weight is 267 g/mol. The van der Waals surface area contributed by atoms with Gasteiger partial charge in [-0.1, -0.05) is 29.0 Å². The first-order valence-electron chi connectivity index (χ1n) is 4.06. The molecule has 0 radical (unpaired) electrons. The molecule has 0 aromatic heterocycles. The lowest BCUT2D eigenvalue weighted by Gasteiger charge is -2.28. The van der Waals surface area contributed by atoms with E-state index in [2.05, 4.69) is 22.6 Å². The van der Waals surface area contributed by atoms with Crippen molar-refractivity contribution < 1.29 is 4.79 Å². The number of halogens is 1. The van der Waals surface area contributed by atoms with Gasteiger partial charge >= 0.3 is 0 Å². The fraction of sp³-hybridized carbons (Fsp3) is 0.875. The highest BCUT2D eigenvalue weighted by molar-refractivity contribution is 14.1. The minimum atomic E-state index is 0.355. The number of nitrogens with zero attached hydrogens (tertiary/aromatic N) is 1. The molecule has 0 N–H and O–H groups in total. The van der Waals surface area contributed by atoms with Crippen molar-refractivity contribution in [1.29, 1.82) is 0 Å². The van der Waals surface area contributed by atoms with E-state index in [0.717, 1.165) is 23.8 Å². The Kier molecular flexibility index (Phi) is 3.62. The number of hydrogen-bond acceptors (Lipinski definition) is 1. The molecule has 0 heterocycles. The molecule has 1 fully saturated rings. The van der Waals surface area contributed by atoms with Crippen LogP contribution in [0.3, 0.4) is 0 Å². The van der Waals surface area contributed by atoms with Crippen LogP contribution in [0.1, 0.15) is 19.3 Å². The number of hydrogen-bond donors (Lipinski definition) is 0. The van der Waals surface area contributed by atoms with Gasteiger partial charge in [0.15, 0.2) is 0 Å². The molecule has 0 aromatic carbocycles. The molecule has 0 saturated heterocycles. The lowest BCUT2D eigenvalue weighted by atomic mass is 9.84. The highest BCUT2D eigenvalue weighted by atomic mass is 127. The van der Waals surface area contributed by atoms with E-state index in [4.69, 9.17) is 0 Å². The molecule has 1 aliphatic carbocycles. The van der Waals surface area contributed by atoms with Crippen molar-refractivity contribution in [2.45, 2.75) is 19.3 Å². The van der Waals surface area contributed by atoms with Crippen LogP contribution in [-0.4, -0.2) is 28.8 Å². The quantitative estimate of drug-likeness (QED) is 0.562. The van der Waals surface area contributed by atoms with E-state index in [1.54, 1.807) is 0 Å².